The van der Waals surface area contributed by atoms with E-state index in [9.17, 15) is 0 Å². The van der Waals surface area contributed by atoms with Gasteiger partial charge >= 0.3 is 52.4 Å². The molecule has 1 heterocycles. The van der Waals surface area contributed by atoms with Crippen LogP contribution < -0.4 is 0 Å². The van der Waals surface area contributed by atoms with Gasteiger partial charge in [-0.2, -0.15) is 0 Å². The summed E-state index contributed by atoms with van der Waals surface area (Å²) in [6, 6.07) is 0. The van der Waals surface area contributed by atoms with E-state index < -0.39 is 0 Å². The SMILES string of the molecule is [AsH2]CC1CCCO1. The van der Waals surface area contributed by atoms with E-state index in [1.54, 1.807) is 16.9 Å². The van der Waals surface area contributed by atoms with Crippen LogP contribution in [0.15, 0.2) is 0 Å². The van der Waals surface area contributed by atoms with Crippen LogP contribution in [0.1, 0.15) is 12.8 Å². The molecule has 2 atom stereocenters. The van der Waals surface area contributed by atoms with Gasteiger partial charge in [0.05, 0.1) is 0 Å². The first-order valence-corrected chi connectivity index (χ1v) is 4.46. The van der Waals surface area contributed by atoms with E-state index in [1.807, 2.05) is 0 Å². The Morgan fingerprint density at radius 3 is 2.86 bits per heavy atom. The van der Waals surface area contributed by atoms with Crippen LogP contribution in [0.4, 0.5) is 0 Å². The Labute approximate surface area is 52.9 Å². The van der Waals surface area contributed by atoms with Crippen molar-refractivity contribution in [2.24, 2.45) is 0 Å². The summed E-state index contributed by atoms with van der Waals surface area (Å²) in [6.45, 7) is 1.01. The van der Waals surface area contributed by atoms with Crippen LogP contribution >= 0.6 is 0 Å². The Kier molecular flexibility index (Phi) is 2.21. The Bertz CT molecular complexity index is 50.0. The summed E-state index contributed by atoms with van der Waals surface area (Å²) in [4.78, 5) is 0. The van der Waals surface area contributed by atoms with Crippen molar-refractivity contribution < 1.29 is 4.74 Å². The van der Waals surface area contributed by atoms with Crippen LogP contribution in [0, 0.1) is 0 Å². The van der Waals surface area contributed by atoms with Crippen LogP contribution in [0.5, 0.6) is 0 Å². The molecule has 0 saturated carbocycles. The van der Waals surface area contributed by atoms with Crippen LogP contribution in [-0.2, 0) is 4.74 Å². The molecule has 42 valence electrons. The zero-order valence-electron chi connectivity index (χ0n) is 4.39. The topological polar surface area (TPSA) is 9.23 Å². The van der Waals surface area contributed by atoms with Crippen molar-refractivity contribution in [2.45, 2.75) is 24.2 Å². The molecule has 0 bridgehead atoms. The molecule has 1 aliphatic rings. The molecular weight excluding hydrogens is 151 g/mol. The van der Waals surface area contributed by atoms with Crippen LogP contribution in [0.25, 0.3) is 0 Å². The molecule has 0 aliphatic carbocycles. The normalized spacial score (nSPS) is 31.3. The van der Waals surface area contributed by atoms with E-state index in [0.717, 1.165) is 6.61 Å². The van der Waals surface area contributed by atoms with E-state index in [-0.39, 0.29) is 0 Å². The van der Waals surface area contributed by atoms with Crippen molar-refractivity contribution in [2.75, 3.05) is 6.61 Å². The number of rotatable bonds is 1. The molecule has 0 aromatic rings. The Hall–Kier alpha value is 0.518. The maximum atomic E-state index is 5.32. The molecule has 1 nitrogen and oxygen atoms in total. The summed E-state index contributed by atoms with van der Waals surface area (Å²) in [5.41, 5.74) is 0. The van der Waals surface area contributed by atoms with Gasteiger partial charge in [-0.25, -0.2) is 0 Å². The molecule has 2 unspecified atom stereocenters. The van der Waals surface area contributed by atoms with Crippen molar-refractivity contribution in [1.29, 1.82) is 0 Å². The van der Waals surface area contributed by atoms with E-state index in [4.69, 9.17) is 4.74 Å². The minimum absolute atomic E-state index is 0.625. The summed E-state index contributed by atoms with van der Waals surface area (Å²) in [5, 5.41) is 1.26. The molecule has 1 saturated heterocycles. The van der Waals surface area contributed by atoms with E-state index in [2.05, 4.69) is 0 Å². The quantitative estimate of drug-likeness (QED) is 0.501. The number of ether oxygens (including phenoxy) is 1. The van der Waals surface area contributed by atoms with Crippen LogP contribution in [0.2, 0.25) is 5.21 Å². The summed E-state index contributed by atoms with van der Waals surface area (Å²) in [5.74, 6) is 0. The second-order valence-corrected chi connectivity index (χ2v) is 2.86. The third-order valence-corrected chi connectivity index (χ3v) is 2.39. The molecule has 0 radical (unpaired) electrons. The third-order valence-electron chi connectivity index (χ3n) is 1.29. The first-order valence-electron chi connectivity index (χ1n) is 2.75. The van der Waals surface area contributed by atoms with Crippen molar-refractivity contribution in [3.63, 3.8) is 0 Å². The van der Waals surface area contributed by atoms with Gasteiger partial charge in [-0.3, -0.25) is 0 Å². The second kappa shape index (κ2) is 2.74. The predicted octanol–water partition coefficient (Wildman–Crippen LogP) is 0.217. The molecule has 7 heavy (non-hydrogen) atoms. The van der Waals surface area contributed by atoms with Gasteiger partial charge in [0.25, 0.3) is 0 Å². The fourth-order valence-electron chi connectivity index (χ4n) is 0.830. The number of hydrogen-bond donors (Lipinski definition) is 0. The average molecular weight is 162 g/mol. The van der Waals surface area contributed by atoms with Crippen LogP contribution in [-0.4, -0.2) is 29.6 Å². The maximum absolute atomic E-state index is 5.32. The van der Waals surface area contributed by atoms with Crippen molar-refractivity contribution in [3.8, 4) is 0 Å². The fourth-order valence-corrected chi connectivity index (χ4v) is 1.61. The van der Waals surface area contributed by atoms with Gasteiger partial charge < -0.3 is 0 Å². The van der Waals surface area contributed by atoms with Gasteiger partial charge in [0, 0.05) is 0 Å². The standard InChI is InChI=1S/C5H11AsO/c6-4-5-2-1-3-7-5/h5H,1-4,6H2. The van der Waals surface area contributed by atoms with Gasteiger partial charge in [-0.15, -0.1) is 0 Å². The molecule has 0 amide bonds. The molecule has 0 aromatic carbocycles. The third kappa shape index (κ3) is 1.47. The summed E-state index contributed by atoms with van der Waals surface area (Å²) >= 11 is 1.79. The molecule has 1 rings (SSSR count). The summed E-state index contributed by atoms with van der Waals surface area (Å²) < 4.78 is 5.32. The van der Waals surface area contributed by atoms with Gasteiger partial charge in [0.2, 0.25) is 0 Å². The Morgan fingerprint density at radius 2 is 2.57 bits per heavy atom. The first-order chi connectivity index (χ1) is 3.43. The zero-order valence-corrected chi connectivity index (χ0v) is 6.81. The molecular formula is C5H11AsO. The average Bonchev–Trinajstić information content (AvgIpc) is 2.14. The Balaban J connectivity index is 2.14. The summed E-state index contributed by atoms with van der Waals surface area (Å²) in [6.07, 6.45) is 3.22. The zero-order chi connectivity index (χ0) is 5.11. The van der Waals surface area contributed by atoms with Crippen molar-refractivity contribution in [3.05, 3.63) is 0 Å². The van der Waals surface area contributed by atoms with Gasteiger partial charge in [0.1, 0.15) is 0 Å². The van der Waals surface area contributed by atoms with Gasteiger partial charge in [-0.1, -0.05) is 0 Å². The van der Waals surface area contributed by atoms with Gasteiger partial charge in [-0.05, 0) is 0 Å². The molecule has 0 N–H and O–H groups in total. The molecule has 1 aliphatic heterocycles. The first kappa shape index (κ1) is 5.65. The molecule has 0 spiro atoms. The second-order valence-electron chi connectivity index (χ2n) is 1.87. The van der Waals surface area contributed by atoms with Gasteiger partial charge in [0.15, 0.2) is 0 Å². The van der Waals surface area contributed by atoms with Crippen LogP contribution in [0.3, 0.4) is 0 Å². The van der Waals surface area contributed by atoms with E-state index >= 15 is 0 Å². The molecule has 2 heteroatoms. The van der Waals surface area contributed by atoms with Crippen molar-refractivity contribution >= 4 is 16.9 Å². The number of hydrogen-bond acceptors (Lipinski definition) is 1. The van der Waals surface area contributed by atoms with Crippen molar-refractivity contribution in [1.82, 2.24) is 0 Å². The predicted molar refractivity (Wildman–Crippen MR) is 32.3 cm³/mol. The van der Waals surface area contributed by atoms with E-state index in [0.29, 0.717) is 6.10 Å². The minimum atomic E-state index is 0.625. The monoisotopic (exact) mass is 162 g/mol. The molecule has 1 fully saturated rings. The van der Waals surface area contributed by atoms with E-state index in [1.165, 1.54) is 18.1 Å². The fraction of sp³-hybridized carbons (Fsp3) is 1.00. The Morgan fingerprint density at radius 1 is 1.71 bits per heavy atom. The summed E-state index contributed by atoms with van der Waals surface area (Å²) in [7, 11) is 0. The molecule has 0 aromatic heterocycles.